The third-order valence-electron chi connectivity index (χ3n) is 6.10. The first-order valence-electron chi connectivity index (χ1n) is 12.1. The lowest BCUT2D eigenvalue weighted by molar-refractivity contribution is 0.0402. The summed E-state index contributed by atoms with van der Waals surface area (Å²) in [7, 11) is 1.55. The van der Waals surface area contributed by atoms with E-state index in [4.69, 9.17) is 42.7 Å². The molecule has 1 N–H and O–H groups in total. The van der Waals surface area contributed by atoms with Crippen molar-refractivity contribution in [2.45, 2.75) is 26.1 Å². The van der Waals surface area contributed by atoms with Gasteiger partial charge in [-0.1, -0.05) is 23.2 Å². The van der Waals surface area contributed by atoms with Gasteiger partial charge in [-0.05, 0) is 38.1 Å². The fourth-order valence-electron chi connectivity index (χ4n) is 3.93. The molecule has 0 bridgehead atoms. The summed E-state index contributed by atoms with van der Waals surface area (Å²) in [5.41, 5.74) is 2.15. The number of methoxy groups -OCH3 is 1. The van der Waals surface area contributed by atoms with Crippen molar-refractivity contribution in [1.29, 1.82) is 5.26 Å². The van der Waals surface area contributed by atoms with Crippen molar-refractivity contribution in [1.82, 2.24) is 15.0 Å². The molecule has 208 valence electrons. The van der Waals surface area contributed by atoms with Gasteiger partial charge >= 0.3 is 6.09 Å². The molecular formula is C28H20Cl2FN5O4S. The molecule has 0 fully saturated rings. The van der Waals surface area contributed by atoms with Gasteiger partial charge in [-0.3, -0.25) is 15.3 Å². The van der Waals surface area contributed by atoms with Crippen LogP contribution in [0, 0.1) is 17.1 Å². The van der Waals surface area contributed by atoms with Crippen LogP contribution < -0.4 is 14.8 Å². The van der Waals surface area contributed by atoms with Crippen LogP contribution in [0.25, 0.3) is 31.7 Å². The molecule has 5 aromatic rings. The zero-order valence-corrected chi connectivity index (χ0v) is 24.1. The van der Waals surface area contributed by atoms with Crippen LogP contribution in [0.3, 0.4) is 0 Å². The van der Waals surface area contributed by atoms with Gasteiger partial charge in [0.15, 0.2) is 11.6 Å². The monoisotopic (exact) mass is 611 g/mol. The second-order valence-electron chi connectivity index (χ2n) is 8.90. The van der Waals surface area contributed by atoms with E-state index < -0.39 is 24.1 Å². The largest absolute Gasteiger partial charge is 0.495 e. The van der Waals surface area contributed by atoms with E-state index in [-0.39, 0.29) is 21.9 Å². The summed E-state index contributed by atoms with van der Waals surface area (Å²) in [6.07, 6.45) is 2.01. The van der Waals surface area contributed by atoms with Gasteiger partial charge in [-0.2, -0.15) is 5.26 Å². The molecule has 2 aromatic carbocycles. The number of aromatic nitrogens is 3. The topological polar surface area (TPSA) is 119 Å². The van der Waals surface area contributed by atoms with Crippen LogP contribution in [0.2, 0.25) is 10.0 Å². The number of ether oxygens (including phenoxy) is 3. The Balaban J connectivity index is 1.38. The van der Waals surface area contributed by atoms with Gasteiger partial charge in [0.2, 0.25) is 0 Å². The molecule has 0 saturated carbocycles. The highest BCUT2D eigenvalue weighted by Gasteiger charge is 2.24. The molecule has 5 rings (SSSR count). The van der Waals surface area contributed by atoms with Gasteiger partial charge in [0.05, 0.1) is 41.0 Å². The molecule has 0 aliphatic heterocycles. The van der Waals surface area contributed by atoms with Crippen molar-refractivity contribution >= 4 is 67.4 Å². The molecule has 0 aliphatic carbocycles. The summed E-state index contributed by atoms with van der Waals surface area (Å²) in [5, 5.41) is 13.1. The van der Waals surface area contributed by atoms with E-state index in [2.05, 4.69) is 20.3 Å². The fraction of sp³-hybridized carbons (Fsp3) is 0.179. The number of carbonyl (C=O) groups is 1. The standard InChI is InChI=1S/C28H20Cl2FN5O4S/c1-13(14(2)40-28(37)35-18-4-15(9-32)10-33-11-18)39-21-8-22-26(23(30)24(21)31)36-27(41-22)20-7-17(29)5-16-6-19(38-3)12-34-25(16)20/h4-8,10-14H,1-3H3,(H,35,37)/t13-,14+/m0/s1. The minimum atomic E-state index is -0.794. The Hall–Kier alpha value is -4.24. The normalized spacial score (nSPS) is 12.5. The number of carbonyl (C=O) groups excluding carboxylic acids is 1. The minimum Gasteiger partial charge on any atom is -0.495 e. The third-order valence-corrected chi connectivity index (χ3v) is 7.70. The molecule has 1 amide bonds. The maximum Gasteiger partial charge on any atom is 0.412 e. The Bertz CT molecular complexity index is 1840. The smallest absolute Gasteiger partial charge is 0.412 e. The number of benzene rings is 2. The number of thiazole rings is 1. The van der Waals surface area contributed by atoms with Crippen LogP contribution in [0.15, 0.2) is 48.9 Å². The van der Waals surface area contributed by atoms with E-state index >= 15 is 4.39 Å². The lowest BCUT2D eigenvalue weighted by Crippen LogP contribution is -2.32. The van der Waals surface area contributed by atoms with Gasteiger partial charge in [0, 0.05) is 28.2 Å². The first-order chi connectivity index (χ1) is 19.7. The van der Waals surface area contributed by atoms with Crippen LogP contribution >= 0.6 is 34.5 Å². The Morgan fingerprint density at radius 1 is 1.10 bits per heavy atom. The van der Waals surface area contributed by atoms with Crippen molar-refractivity contribution in [3.63, 3.8) is 0 Å². The van der Waals surface area contributed by atoms with Crippen LogP contribution in [-0.2, 0) is 4.74 Å². The summed E-state index contributed by atoms with van der Waals surface area (Å²) in [6.45, 7) is 3.23. The maximum absolute atomic E-state index is 15.3. The molecule has 2 atom stereocenters. The maximum atomic E-state index is 15.3. The Morgan fingerprint density at radius 3 is 2.66 bits per heavy atom. The van der Waals surface area contributed by atoms with Gasteiger partial charge in [0.1, 0.15) is 39.6 Å². The van der Waals surface area contributed by atoms with Crippen molar-refractivity contribution in [2.24, 2.45) is 0 Å². The van der Waals surface area contributed by atoms with Gasteiger partial charge in [-0.25, -0.2) is 14.2 Å². The predicted molar refractivity (Wildman–Crippen MR) is 155 cm³/mol. The summed E-state index contributed by atoms with van der Waals surface area (Å²) in [6, 6.07) is 10.2. The van der Waals surface area contributed by atoms with Crippen LogP contribution in [0.1, 0.15) is 19.4 Å². The lowest BCUT2D eigenvalue weighted by atomic mass is 10.1. The second kappa shape index (κ2) is 11.7. The minimum absolute atomic E-state index is 0.120. The molecule has 0 spiro atoms. The summed E-state index contributed by atoms with van der Waals surface area (Å²) in [4.78, 5) is 25.3. The van der Waals surface area contributed by atoms with Crippen molar-refractivity contribution in [3.05, 3.63) is 70.3 Å². The van der Waals surface area contributed by atoms with Gasteiger partial charge in [-0.15, -0.1) is 11.3 Å². The number of nitrogens with one attached hydrogen (secondary N) is 1. The molecular weight excluding hydrogens is 592 g/mol. The van der Waals surface area contributed by atoms with E-state index in [1.165, 1.54) is 35.9 Å². The number of pyridine rings is 2. The van der Waals surface area contributed by atoms with Gasteiger partial charge in [0.25, 0.3) is 0 Å². The molecule has 0 aliphatic rings. The number of anilines is 1. The average Bonchev–Trinajstić information content (AvgIpc) is 3.39. The zero-order valence-electron chi connectivity index (χ0n) is 21.7. The lowest BCUT2D eigenvalue weighted by Gasteiger charge is -2.22. The third kappa shape index (κ3) is 5.95. The van der Waals surface area contributed by atoms with Gasteiger partial charge < -0.3 is 14.2 Å². The van der Waals surface area contributed by atoms with Crippen molar-refractivity contribution in [2.75, 3.05) is 12.4 Å². The van der Waals surface area contributed by atoms with E-state index in [0.717, 1.165) is 5.39 Å². The Morgan fingerprint density at radius 2 is 1.90 bits per heavy atom. The van der Waals surface area contributed by atoms with Crippen LogP contribution in [0.5, 0.6) is 11.5 Å². The Labute approximate surface area is 247 Å². The molecule has 0 unspecified atom stereocenters. The SMILES string of the molecule is COc1cnc2c(-c3nc4c(Cl)c(F)c(O[C@@H](C)[C@@H](C)OC(=O)Nc5cncc(C#N)c5)cc4s3)cc(Cl)cc2c1. The molecule has 9 nitrogen and oxygen atoms in total. The summed E-state index contributed by atoms with van der Waals surface area (Å²) >= 11 is 14.0. The highest BCUT2D eigenvalue weighted by atomic mass is 35.5. The number of halogens is 3. The van der Waals surface area contributed by atoms with Crippen LogP contribution in [-0.4, -0.2) is 40.4 Å². The van der Waals surface area contributed by atoms with E-state index in [1.807, 2.05) is 12.1 Å². The highest BCUT2D eigenvalue weighted by Crippen LogP contribution is 2.41. The Kier molecular flexibility index (Phi) is 8.08. The fourth-order valence-corrected chi connectivity index (χ4v) is 5.47. The number of nitrogens with zero attached hydrogens (tertiary/aromatic N) is 4. The summed E-state index contributed by atoms with van der Waals surface area (Å²) in [5.74, 6) is -0.333. The van der Waals surface area contributed by atoms with Crippen LogP contribution in [0.4, 0.5) is 14.9 Å². The van der Waals surface area contributed by atoms with E-state index in [9.17, 15) is 4.79 Å². The summed E-state index contributed by atoms with van der Waals surface area (Å²) < 4.78 is 32.3. The van der Waals surface area contributed by atoms with Crippen molar-refractivity contribution in [3.8, 4) is 28.1 Å². The first-order valence-corrected chi connectivity index (χ1v) is 13.7. The average molecular weight is 612 g/mol. The molecule has 3 heterocycles. The zero-order chi connectivity index (χ0) is 29.3. The molecule has 13 heteroatoms. The number of fused-ring (bicyclic) bond motifs is 2. The van der Waals surface area contributed by atoms with Crippen molar-refractivity contribution < 1.29 is 23.4 Å². The number of nitriles is 1. The van der Waals surface area contributed by atoms with E-state index in [1.54, 1.807) is 39.3 Å². The number of rotatable bonds is 7. The number of hydrogen-bond donors (Lipinski definition) is 1. The quantitative estimate of drug-likeness (QED) is 0.199. The molecule has 0 saturated heterocycles. The number of amides is 1. The molecule has 3 aromatic heterocycles. The highest BCUT2D eigenvalue weighted by molar-refractivity contribution is 7.21. The predicted octanol–water partition coefficient (Wildman–Crippen LogP) is 7.64. The molecule has 0 radical (unpaired) electrons. The van der Waals surface area contributed by atoms with E-state index in [0.29, 0.717) is 37.2 Å². The first kappa shape index (κ1) is 28.3. The number of hydrogen-bond acceptors (Lipinski definition) is 9. The molecule has 41 heavy (non-hydrogen) atoms. The second-order valence-corrected chi connectivity index (χ2v) is 10.7.